The molecule has 1 aliphatic heterocycles. The van der Waals surface area contributed by atoms with Gasteiger partial charge < -0.3 is 15.7 Å². The fraction of sp³-hybridized carbons (Fsp3) is 0.588. The maximum atomic E-state index is 12.3. The monoisotopic (exact) mass is 324 g/mol. The van der Waals surface area contributed by atoms with E-state index in [1.54, 1.807) is 0 Å². The zero-order valence-electron chi connectivity index (χ0n) is 12.8. The van der Waals surface area contributed by atoms with E-state index in [1.807, 2.05) is 12.1 Å². The van der Waals surface area contributed by atoms with E-state index in [2.05, 4.69) is 22.8 Å². The second kappa shape index (κ2) is 7.95. The van der Waals surface area contributed by atoms with Crippen LogP contribution < -0.4 is 10.6 Å². The molecule has 1 heterocycles. The van der Waals surface area contributed by atoms with Crippen molar-refractivity contribution >= 4 is 18.3 Å². The maximum absolute atomic E-state index is 12.3. The van der Waals surface area contributed by atoms with Crippen molar-refractivity contribution < 1.29 is 9.90 Å². The van der Waals surface area contributed by atoms with E-state index in [1.165, 1.54) is 11.1 Å². The molecule has 0 bridgehead atoms. The highest BCUT2D eigenvalue weighted by Crippen LogP contribution is 2.23. The van der Waals surface area contributed by atoms with Crippen LogP contribution in [0.4, 0.5) is 0 Å². The van der Waals surface area contributed by atoms with Gasteiger partial charge in [-0.15, -0.1) is 12.4 Å². The summed E-state index contributed by atoms with van der Waals surface area (Å²) in [6, 6.07) is 8.11. The minimum absolute atomic E-state index is 0. The summed E-state index contributed by atoms with van der Waals surface area (Å²) in [6.45, 7) is 1.35. The zero-order valence-corrected chi connectivity index (χ0v) is 13.6. The Morgan fingerprint density at radius 2 is 1.95 bits per heavy atom. The van der Waals surface area contributed by atoms with Gasteiger partial charge in [0.05, 0.1) is 12.1 Å². The number of fused-ring (bicyclic) bond motifs is 1. The Hall–Kier alpha value is -1.10. The predicted molar refractivity (Wildman–Crippen MR) is 89.0 cm³/mol. The third kappa shape index (κ3) is 4.00. The molecular formula is C17H25ClN2O2. The Balaban J connectivity index is 0.00000176. The number of halogens is 1. The zero-order chi connectivity index (χ0) is 14.7. The van der Waals surface area contributed by atoms with Gasteiger partial charge in [-0.25, -0.2) is 0 Å². The number of hydrogen-bond acceptors (Lipinski definition) is 3. The van der Waals surface area contributed by atoms with Crippen molar-refractivity contribution in [1.82, 2.24) is 10.6 Å². The van der Waals surface area contributed by atoms with Gasteiger partial charge >= 0.3 is 0 Å². The van der Waals surface area contributed by atoms with Gasteiger partial charge in [0, 0.05) is 19.0 Å². The van der Waals surface area contributed by atoms with Gasteiger partial charge in [-0.1, -0.05) is 37.1 Å². The van der Waals surface area contributed by atoms with Gasteiger partial charge in [0.25, 0.3) is 0 Å². The van der Waals surface area contributed by atoms with Crippen LogP contribution in [0.5, 0.6) is 0 Å². The number of carbonyl (C=O) groups excluding carboxylic acids is 1. The van der Waals surface area contributed by atoms with E-state index in [-0.39, 0.29) is 36.4 Å². The first-order valence-corrected chi connectivity index (χ1v) is 8.00. The molecule has 3 rings (SSSR count). The van der Waals surface area contributed by atoms with E-state index in [0.29, 0.717) is 6.54 Å². The lowest BCUT2D eigenvalue weighted by Crippen LogP contribution is -2.49. The second-order valence-corrected chi connectivity index (χ2v) is 6.26. The van der Waals surface area contributed by atoms with Crippen LogP contribution in [0.3, 0.4) is 0 Å². The lowest BCUT2D eigenvalue weighted by Gasteiger charge is -2.29. The minimum Gasteiger partial charge on any atom is -0.393 e. The molecular weight excluding hydrogens is 300 g/mol. The first-order valence-electron chi connectivity index (χ1n) is 8.00. The summed E-state index contributed by atoms with van der Waals surface area (Å²) in [5, 5.41) is 16.3. The van der Waals surface area contributed by atoms with Gasteiger partial charge in [-0.05, 0) is 30.4 Å². The summed E-state index contributed by atoms with van der Waals surface area (Å²) in [7, 11) is 0. The second-order valence-electron chi connectivity index (χ2n) is 6.26. The van der Waals surface area contributed by atoms with Crippen molar-refractivity contribution in [3.63, 3.8) is 0 Å². The molecule has 1 saturated carbocycles. The molecule has 1 aromatic rings. The molecule has 1 fully saturated rings. The highest BCUT2D eigenvalue weighted by Gasteiger charge is 2.27. The normalized spacial score (nSPS) is 27.4. The van der Waals surface area contributed by atoms with Crippen LogP contribution >= 0.6 is 12.4 Å². The number of amides is 1. The van der Waals surface area contributed by atoms with E-state index < -0.39 is 0 Å². The van der Waals surface area contributed by atoms with Crippen molar-refractivity contribution in [3.8, 4) is 0 Å². The molecule has 5 heteroatoms. The third-order valence-electron chi connectivity index (χ3n) is 4.81. The average Bonchev–Trinajstić information content (AvgIpc) is 2.53. The Labute approximate surface area is 138 Å². The summed E-state index contributed by atoms with van der Waals surface area (Å²) in [5.41, 5.74) is 2.54. The van der Waals surface area contributed by atoms with E-state index >= 15 is 0 Å². The summed E-state index contributed by atoms with van der Waals surface area (Å²) in [4.78, 5) is 12.3. The summed E-state index contributed by atoms with van der Waals surface area (Å²) >= 11 is 0. The summed E-state index contributed by atoms with van der Waals surface area (Å²) in [5.74, 6) is 0.279. The highest BCUT2D eigenvalue weighted by molar-refractivity contribution is 5.85. The maximum Gasteiger partial charge on any atom is 0.237 e. The van der Waals surface area contributed by atoms with Gasteiger partial charge in [0.2, 0.25) is 5.91 Å². The topological polar surface area (TPSA) is 61.4 Å². The largest absolute Gasteiger partial charge is 0.393 e. The Bertz CT molecular complexity index is 509. The van der Waals surface area contributed by atoms with Gasteiger partial charge in [0.1, 0.15) is 0 Å². The molecule has 0 aromatic heterocycles. The Kier molecular flexibility index (Phi) is 6.24. The minimum atomic E-state index is -0.251. The van der Waals surface area contributed by atoms with Gasteiger partial charge in [-0.2, -0.15) is 0 Å². The van der Waals surface area contributed by atoms with Crippen molar-refractivity contribution in [3.05, 3.63) is 35.4 Å². The Morgan fingerprint density at radius 3 is 2.73 bits per heavy atom. The average molecular weight is 325 g/mol. The standard InChI is InChI=1S/C17H24N2O2.ClH/c20-16-8-4-3-7-14(16)11-19-17(21)15-9-12-5-1-2-6-13(12)10-18-15;/h1-2,5-6,14-16,18,20H,3-4,7-11H2,(H,19,21);1H. The van der Waals surface area contributed by atoms with E-state index in [0.717, 1.165) is 38.6 Å². The van der Waals surface area contributed by atoms with Crippen molar-refractivity contribution in [2.45, 2.75) is 50.8 Å². The smallest absolute Gasteiger partial charge is 0.237 e. The first-order chi connectivity index (χ1) is 10.2. The molecule has 2 aliphatic rings. The lowest BCUT2D eigenvalue weighted by molar-refractivity contribution is -0.123. The number of aliphatic hydroxyl groups is 1. The number of nitrogens with one attached hydrogen (secondary N) is 2. The van der Waals surface area contributed by atoms with Crippen LogP contribution in [0, 0.1) is 5.92 Å². The number of carbonyl (C=O) groups is 1. The van der Waals surface area contributed by atoms with Crippen LogP contribution in [-0.2, 0) is 17.8 Å². The molecule has 3 N–H and O–H groups in total. The van der Waals surface area contributed by atoms with Crippen LogP contribution in [0.25, 0.3) is 0 Å². The molecule has 0 spiro atoms. The first kappa shape index (κ1) is 17.3. The molecule has 122 valence electrons. The molecule has 3 unspecified atom stereocenters. The fourth-order valence-electron chi connectivity index (χ4n) is 3.42. The predicted octanol–water partition coefficient (Wildman–Crippen LogP) is 1.79. The van der Waals surface area contributed by atoms with E-state index in [4.69, 9.17) is 0 Å². The molecule has 1 aliphatic carbocycles. The molecule has 1 amide bonds. The van der Waals surface area contributed by atoms with Crippen LogP contribution in [0.2, 0.25) is 0 Å². The van der Waals surface area contributed by atoms with Crippen LogP contribution in [-0.4, -0.2) is 29.7 Å². The molecule has 22 heavy (non-hydrogen) atoms. The van der Waals surface area contributed by atoms with Crippen LogP contribution in [0.1, 0.15) is 36.8 Å². The number of hydrogen-bond donors (Lipinski definition) is 3. The van der Waals surface area contributed by atoms with Crippen LogP contribution in [0.15, 0.2) is 24.3 Å². The van der Waals surface area contributed by atoms with Crippen molar-refractivity contribution in [2.75, 3.05) is 6.54 Å². The SMILES string of the molecule is Cl.O=C(NCC1CCCCC1O)C1Cc2ccccc2CN1. The summed E-state index contributed by atoms with van der Waals surface area (Å²) in [6.07, 6.45) is 4.64. The number of benzene rings is 1. The fourth-order valence-corrected chi connectivity index (χ4v) is 3.42. The van der Waals surface area contributed by atoms with Gasteiger partial charge in [-0.3, -0.25) is 4.79 Å². The van der Waals surface area contributed by atoms with Crippen molar-refractivity contribution in [1.29, 1.82) is 0 Å². The molecule has 3 atom stereocenters. The van der Waals surface area contributed by atoms with Gasteiger partial charge in [0.15, 0.2) is 0 Å². The molecule has 1 aromatic carbocycles. The number of aliphatic hydroxyl groups excluding tert-OH is 1. The third-order valence-corrected chi connectivity index (χ3v) is 4.81. The molecule has 0 saturated heterocycles. The lowest BCUT2D eigenvalue weighted by atomic mass is 9.86. The molecule has 0 radical (unpaired) electrons. The quantitative estimate of drug-likeness (QED) is 0.794. The summed E-state index contributed by atoms with van der Waals surface area (Å²) < 4.78 is 0. The Morgan fingerprint density at radius 1 is 1.23 bits per heavy atom. The van der Waals surface area contributed by atoms with Crippen molar-refractivity contribution in [2.24, 2.45) is 5.92 Å². The highest BCUT2D eigenvalue weighted by atomic mass is 35.5. The number of rotatable bonds is 3. The molecule has 4 nitrogen and oxygen atoms in total. The van der Waals surface area contributed by atoms with E-state index in [9.17, 15) is 9.90 Å².